The zero-order valence-corrected chi connectivity index (χ0v) is 13.9. The van der Waals surface area contributed by atoms with E-state index in [-0.39, 0.29) is 24.5 Å². The smallest absolute Gasteiger partial charge is 0.343 e. The largest absolute Gasteiger partial charge is 0.457 e. The second kappa shape index (κ2) is 9.17. The Balaban J connectivity index is 1.94. The van der Waals surface area contributed by atoms with Crippen molar-refractivity contribution in [2.45, 2.75) is 20.0 Å². The van der Waals surface area contributed by atoms with Crippen LogP contribution in [0.1, 0.15) is 18.1 Å². The monoisotopic (exact) mass is 337 g/mol. The normalized spacial score (nSPS) is 10.8. The van der Waals surface area contributed by atoms with Gasteiger partial charge in [0.15, 0.2) is 5.78 Å². The lowest BCUT2D eigenvalue weighted by Gasteiger charge is -2.07. The highest BCUT2D eigenvalue weighted by atomic mass is 16.5. The number of benzene rings is 2. The molecule has 0 aromatic heterocycles. The van der Waals surface area contributed by atoms with Crippen LogP contribution >= 0.6 is 0 Å². The number of ether oxygens (including phenoxy) is 1. The van der Waals surface area contributed by atoms with Gasteiger partial charge in [0.25, 0.3) is 0 Å². The Hall–Kier alpha value is -3.21. The van der Waals surface area contributed by atoms with Crippen LogP contribution in [0.2, 0.25) is 0 Å². The maximum absolute atomic E-state index is 12.1. The van der Waals surface area contributed by atoms with Crippen LogP contribution in [0, 0.1) is 0 Å². The van der Waals surface area contributed by atoms with Crippen LogP contribution < -0.4 is 5.32 Å². The molecule has 5 heteroatoms. The zero-order valence-electron chi connectivity index (χ0n) is 13.9. The fraction of sp³-hybridized carbons (Fsp3) is 0.150. The van der Waals surface area contributed by atoms with Crippen LogP contribution in [-0.2, 0) is 32.1 Å². The second-order valence-corrected chi connectivity index (χ2v) is 5.41. The van der Waals surface area contributed by atoms with Gasteiger partial charge in [-0.25, -0.2) is 4.79 Å². The van der Waals surface area contributed by atoms with Gasteiger partial charge in [-0.1, -0.05) is 60.7 Å². The van der Waals surface area contributed by atoms with Crippen LogP contribution in [0.15, 0.2) is 72.4 Å². The van der Waals surface area contributed by atoms with E-state index in [9.17, 15) is 14.4 Å². The summed E-state index contributed by atoms with van der Waals surface area (Å²) in [6, 6.07) is 18.3. The first-order chi connectivity index (χ1) is 12.1. The standard InChI is InChI=1S/C20H19NO4/c1-15(22)18(20(24)25-14-17-10-6-3-7-11-17)13-21-19(23)12-16-8-4-2-5-9-16/h2-11,13H,12,14H2,1H3,(H,21,23)/b18-13-. The third kappa shape index (κ3) is 6.06. The third-order valence-corrected chi connectivity index (χ3v) is 3.40. The van der Waals surface area contributed by atoms with Gasteiger partial charge >= 0.3 is 5.97 Å². The first-order valence-corrected chi connectivity index (χ1v) is 7.81. The Kier molecular flexibility index (Phi) is 6.65. The number of Topliss-reactive ketones (excluding diaryl/α,β-unsaturated/α-hetero) is 1. The van der Waals surface area contributed by atoms with E-state index in [1.807, 2.05) is 60.7 Å². The average molecular weight is 337 g/mol. The summed E-state index contributed by atoms with van der Waals surface area (Å²) < 4.78 is 5.12. The summed E-state index contributed by atoms with van der Waals surface area (Å²) in [6.45, 7) is 1.31. The molecule has 128 valence electrons. The minimum atomic E-state index is -0.767. The summed E-state index contributed by atoms with van der Waals surface area (Å²) in [4.78, 5) is 35.6. The SMILES string of the molecule is CC(=O)/C(=C/NC(=O)Cc1ccccc1)C(=O)OCc1ccccc1. The molecule has 2 rings (SSSR count). The summed E-state index contributed by atoms with van der Waals surface area (Å²) >= 11 is 0. The molecular formula is C20H19NO4. The van der Waals surface area contributed by atoms with E-state index in [4.69, 9.17) is 4.74 Å². The predicted molar refractivity (Wildman–Crippen MR) is 93.3 cm³/mol. The Bertz CT molecular complexity index is 767. The average Bonchev–Trinajstić information content (AvgIpc) is 2.61. The summed E-state index contributed by atoms with van der Waals surface area (Å²) in [5, 5.41) is 2.47. The van der Waals surface area contributed by atoms with Crippen molar-refractivity contribution in [3.63, 3.8) is 0 Å². The molecule has 25 heavy (non-hydrogen) atoms. The molecule has 5 nitrogen and oxygen atoms in total. The number of rotatable bonds is 7. The summed E-state index contributed by atoms with van der Waals surface area (Å²) in [7, 11) is 0. The molecule has 0 bridgehead atoms. The predicted octanol–water partition coefficient (Wildman–Crippen LogP) is 2.56. The Morgan fingerprint density at radius 1 is 0.920 bits per heavy atom. The Morgan fingerprint density at radius 2 is 1.48 bits per heavy atom. The van der Waals surface area contributed by atoms with Crippen molar-refractivity contribution in [3.8, 4) is 0 Å². The van der Waals surface area contributed by atoms with Gasteiger partial charge in [-0.05, 0) is 18.1 Å². The van der Waals surface area contributed by atoms with Crippen LogP contribution in [0.25, 0.3) is 0 Å². The summed E-state index contributed by atoms with van der Waals surface area (Å²) in [6.07, 6.45) is 1.27. The van der Waals surface area contributed by atoms with E-state index in [1.165, 1.54) is 6.92 Å². The van der Waals surface area contributed by atoms with Gasteiger partial charge in [0, 0.05) is 6.20 Å². The summed E-state index contributed by atoms with van der Waals surface area (Å²) in [5.74, 6) is -1.56. The number of carbonyl (C=O) groups excluding carboxylic acids is 3. The molecule has 0 heterocycles. The van der Waals surface area contributed by atoms with E-state index in [1.54, 1.807) is 0 Å². The molecule has 0 saturated heterocycles. The van der Waals surface area contributed by atoms with Crippen molar-refractivity contribution < 1.29 is 19.1 Å². The number of carbonyl (C=O) groups is 3. The molecule has 2 aromatic rings. The molecule has 0 unspecified atom stereocenters. The quantitative estimate of drug-likeness (QED) is 0.365. The fourth-order valence-corrected chi connectivity index (χ4v) is 2.09. The molecule has 0 aliphatic carbocycles. The minimum Gasteiger partial charge on any atom is -0.457 e. The van der Waals surface area contributed by atoms with Gasteiger partial charge < -0.3 is 10.1 Å². The molecule has 1 amide bonds. The molecule has 0 aliphatic rings. The molecule has 0 atom stereocenters. The van der Waals surface area contributed by atoms with Gasteiger partial charge in [-0.15, -0.1) is 0 Å². The van der Waals surface area contributed by atoms with Crippen LogP contribution in [0.5, 0.6) is 0 Å². The number of nitrogens with one attached hydrogen (secondary N) is 1. The lowest BCUT2D eigenvalue weighted by Crippen LogP contribution is -2.23. The first-order valence-electron chi connectivity index (χ1n) is 7.81. The molecule has 2 aromatic carbocycles. The molecule has 0 spiro atoms. The van der Waals surface area contributed by atoms with E-state index < -0.39 is 11.8 Å². The highest BCUT2D eigenvalue weighted by Crippen LogP contribution is 2.05. The van der Waals surface area contributed by atoms with Gasteiger partial charge in [-0.3, -0.25) is 9.59 Å². The van der Waals surface area contributed by atoms with Gasteiger partial charge in [0.1, 0.15) is 12.2 Å². The fourth-order valence-electron chi connectivity index (χ4n) is 2.09. The van der Waals surface area contributed by atoms with Crippen molar-refractivity contribution in [1.82, 2.24) is 5.32 Å². The number of esters is 1. The van der Waals surface area contributed by atoms with Gasteiger partial charge in [0.05, 0.1) is 6.42 Å². The van der Waals surface area contributed by atoms with E-state index in [0.29, 0.717) is 0 Å². The molecule has 0 fully saturated rings. The highest BCUT2D eigenvalue weighted by Gasteiger charge is 2.16. The zero-order chi connectivity index (χ0) is 18.1. The molecule has 0 aliphatic heterocycles. The van der Waals surface area contributed by atoms with Crippen molar-refractivity contribution in [3.05, 3.63) is 83.6 Å². The topological polar surface area (TPSA) is 72.5 Å². The number of hydrogen-bond donors (Lipinski definition) is 1. The van der Waals surface area contributed by atoms with Crippen molar-refractivity contribution in [2.75, 3.05) is 0 Å². The van der Waals surface area contributed by atoms with Crippen molar-refractivity contribution in [1.29, 1.82) is 0 Å². The molecule has 0 saturated carbocycles. The number of amides is 1. The minimum absolute atomic E-state index is 0.0578. The van der Waals surface area contributed by atoms with Gasteiger partial charge in [0.2, 0.25) is 5.91 Å². The van der Waals surface area contributed by atoms with Gasteiger partial charge in [-0.2, -0.15) is 0 Å². The maximum Gasteiger partial charge on any atom is 0.343 e. The Morgan fingerprint density at radius 3 is 2.04 bits per heavy atom. The number of hydrogen-bond acceptors (Lipinski definition) is 4. The van der Waals surface area contributed by atoms with E-state index >= 15 is 0 Å². The molecule has 1 N–H and O–H groups in total. The summed E-state index contributed by atoms with van der Waals surface area (Å²) in [5.41, 5.74) is 1.45. The maximum atomic E-state index is 12.1. The second-order valence-electron chi connectivity index (χ2n) is 5.41. The lowest BCUT2D eigenvalue weighted by atomic mass is 10.1. The lowest BCUT2D eigenvalue weighted by molar-refractivity contribution is -0.141. The third-order valence-electron chi connectivity index (χ3n) is 3.40. The number of ketones is 1. The molecule has 0 radical (unpaired) electrons. The van der Waals surface area contributed by atoms with Crippen molar-refractivity contribution >= 4 is 17.7 Å². The van der Waals surface area contributed by atoms with Crippen LogP contribution in [-0.4, -0.2) is 17.7 Å². The van der Waals surface area contributed by atoms with Crippen LogP contribution in [0.4, 0.5) is 0 Å². The molecular weight excluding hydrogens is 318 g/mol. The first kappa shape index (κ1) is 18.1. The Labute approximate surface area is 146 Å². The van der Waals surface area contributed by atoms with E-state index in [0.717, 1.165) is 17.3 Å². The van der Waals surface area contributed by atoms with Crippen molar-refractivity contribution in [2.24, 2.45) is 0 Å². The highest BCUT2D eigenvalue weighted by molar-refractivity contribution is 6.16. The van der Waals surface area contributed by atoms with E-state index in [2.05, 4.69) is 5.32 Å². The van der Waals surface area contributed by atoms with Crippen LogP contribution in [0.3, 0.4) is 0 Å².